The van der Waals surface area contributed by atoms with E-state index in [-0.39, 0.29) is 6.61 Å². The highest BCUT2D eigenvalue weighted by molar-refractivity contribution is 5.90. The molecule has 0 unspecified atom stereocenters. The van der Waals surface area contributed by atoms with E-state index in [2.05, 4.69) is 9.88 Å². The molecule has 2 rings (SSSR count). The van der Waals surface area contributed by atoms with Crippen LogP contribution in [-0.4, -0.2) is 40.6 Å². The summed E-state index contributed by atoms with van der Waals surface area (Å²) < 4.78 is 0. The van der Waals surface area contributed by atoms with Gasteiger partial charge in [0.05, 0.1) is 6.61 Å². The van der Waals surface area contributed by atoms with E-state index < -0.39 is 5.91 Å². The van der Waals surface area contributed by atoms with Crippen molar-refractivity contribution in [1.82, 2.24) is 9.88 Å². The number of fused-ring (bicyclic) bond motifs is 1. The number of carbonyl (C=O) groups is 1. The molecule has 0 saturated carbocycles. The first-order chi connectivity index (χ1) is 7.70. The summed E-state index contributed by atoms with van der Waals surface area (Å²) in [4.78, 5) is 17.4. The highest BCUT2D eigenvalue weighted by atomic mass is 16.3. The van der Waals surface area contributed by atoms with E-state index >= 15 is 0 Å². The maximum absolute atomic E-state index is 11.0. The Hall–Kier alpha value is -1.46. The van der Waals surface area contributed by atoms with Crippen LogP contribution in [0.5, 0.6) is 0 Å². The molecule has 0 radical (unpaired) electrons. The molecule has 0 atom stereocenters. The van der Waals surface area contributed by atoms with Crippen molar-refractivity contribution >= 4 is 5.91 Å². The minimum Gasteiger partial charge on any atom is -0.395 e. The third-order valence-corrected chi connectivity index (χ3v) is 2.80. The van der Waals surface area contributed by atoms with Gasteiger partial charge in [0, 0.05) is 31.7 Å². The summed E-state index contributed by atoms with van der Waals surface area (Å²) in [5.74, 6) is -0.486. The fraction of sp³-hybridized carbons (Fsp3) is 0.455. The van der Waals surface area contributed by atoms with Crippen molar-refractivity contribution in [1.29, 1.82) is 0 Å². The zero-order chi connectivity index (χ0) is 11.5. The van der Waals surface area contributed by atoms with Crippen molar-refractivity contribution in [2.24, 2.45) is 5.73 Å². The number of amides is 1. The highest BCUT2D eigenvalue weighted by Gasteiger charge is 2.17. The van der Waals surface area contributed by atoms with Gasteiger partial charge in [-0.3, -0.25) is 9.69 Å². The molecule has 0 aliphatic carbocycles. The third-order valence-electron chi connectivity index (χ3n) is 2.80. The molecular weight excluding hydrogens is 206 g/mol. The van der Waals surface area contributed by atoms with E-state index in [0.717, 1.165) is 30.8 Å². The van der Waals surface area contributed by atoms with Crippen LogP contribution in [-0.2, 0) is 13.0 Å². The molecule has 16 heavy (non-hydrogen) atoms. The SMILES string of the molecule is NC(=O)c1ccc2c(n1)CCN(CCO)C2. The number of nitrogens with two attached hydrogens (primary N) is 1. The van der Waals surface area contributed by atoms with Gasteiger partial charge < -0.3 is 10.8 Å². The van der Waals surface area contributed by atoms with Gasteiger partial charge in [-0.05, 0) is 11.6 Å². The van der Waals surface area contributed by atoms with Crippen LogP contribution < -0.4 is 5.73 Å². The predicted octanol–water partition coefficient (Wildman–Crippen LogP) is -0.469. The van der Waals surface area contributed by atoms with Gasteiger partial charge >= 0.3 is 0 Å². The Morgan fingerprint density at radius 3 is 3.06 bits per heavy atom. The lowest BCUT2D eigenvalue weighted by Crippen LogP contribution is -2.33. The largest absolute Gasteiger partial charge is 0.395 e. The molecule has 1 aromatic heterocycles. The molecule has 0 spiro atoms. The number of β-amino-alcohol motifs (C(OH)–C–C–N with tert-alkyl or cyclic N) is 1. The molecule has 1 aromatic rings. The minimum atomic E-state index is -0.486. The van der Waals surface area contributed by atoms with Crippen molar-refractivity contribution < 1.29 is 9.90 Å². The van der Waals surface area contributed by atoms with Gasteiger partial charge in [0.15, 0.2) is 0 Å². The topological polar surface area (TPSA) is 79.5 Å². The maximum Gasteiger partial charge on any atom is 0.267 e. The van der Waals surface area contributed by atoms with E-state index in [0.29, 0.717) is 12.2 Å². The molecule has 2 heterocycles. The average Bonchev–Trinajstić information content (AvgIpc) is 2.28. The molecule has 1 aliphatic rings. The summed E-state index contributed by atoms with van der Waals surface area (Å²) in [6.45, 7) is 2.49. The van der Waals surface area contributed by atoms with Crippen LogP contribution in [0.15, 0.2) is 12.1 Å². The molecule has 0 saturated heterocycles. The number of pyridine rings is 1. The average molecular weight is 221 g/mol. The molecule has 0 bridgehead atoms. The summed E-state index contributed by atoms with van der Waals surface area (Å²) in [6.07, 6.45) is 0.802. The van der Waals surface area contributed by atoms with E-state index in [4.69, 9.17) is 10.8 Å². The number of carbonyl (C=O) groups excluding carboxylic acids is 1. The number of aliphatic hydroxyl groups is 1. The molecule has 3 N–H and O–H groups in total. The Bertz CT molecular complexity index is 406. The Kier molecular flexibility index (Phi) is 3.17. The van der Waals surface area contributed by atoms with E-state index in [1.54, 1.807) is 6.07 Å². The molecule has 1 aliphatic heterocycles. The van der Waals surface area contributed by atoms with Gasteiger partial charge in [-0.15, -0.1) is 0 Å². The number of aromatic nitrogens is 1. The van der Waals surface area contributed by atoms with Gasteiger partial charge in [0.2, 0.25) is 0 Å². The van der Waals surface area contributed by atoms with Crippen molar-refractivity contribution in [3.8, 4) is 0 Å². The highest BCUT2D eigenvalue weighted by Crippen LogP contribution is 2.17. The summed E-state index contributed by atoms with van der Waals surface area (Å²) >= 11 is 0. The van der Waals surface area contributed by atoms with Crippen LogP contribution in [0.1, 0.15) is 21.7 Å². The normalized spacial score (nSPS) is 15.8. The van der Waals surface area contributed by atoms with Crippen LogP contribution in [0.2, 0.25) is 0 Å². The van der Waals surface area contributed by atoms with Crippen LogP contribution in [0.3, 0.4) is 0 Å². The van der Waals surface area contributed by atoms with Crippen molar-refractivity contribution in [3.63, 3.8) is 0 Å². The first kappa shape index (κ1) is 11.0. The fourth-order valence-electron chi connectivity index (χ4n) is 1.94. The van der Waals surface area contributed by atoms with Gasteiger partial charge in [-0.2, -0.15) is 0 Å². The van der Waals surface area contributed by atoms with Crippen LogP contribution >= 0.6 is 0 Å². The van der Waals surface area contributed by atoms with Crippen molar-refractivity contribution in [3.05, 3.63) is 29.1 Å². The lowest BCUT2D eigenvalue weighted by Gasteiger charge is -2.27. The number of rotatable bonds is 3. The quantitative estimate of drug-likeness (QED) is 0.723. The van der Waals surface area contributed by atoms with Gasteiger partial charge in [0.25, 0.3) is 5.91 Å². The number of primary amides is 1. The first-order valence-corrected chi connectivity index (χ1v) is 5.32. The lowest BCUT2D eigenvalue weighted by atomic mass is 10.0. The number of nitrogens with zero attached hydrogens (tertiary/aromatic N) is 2. The molecule has 0 aromatic carbocycles. The molecule has 5 nitrogen and oxygen atoms in total. The van der Waals surface area contributed by atoms with Crippen molar-refractivity contribution in [2.75, 3.05) is 19.7 Å². The van der Waals surface area contributed by atoms with E-state index in [1.165, 1.54) is 0 Å². The number of aliphatic hydroxyl groups excluding tert-OH is 1. The zero-order valence-corrected chi connectivity index (χ0v) is 9.02. The lowest BCUT2D eigenvalue weighted by molar-refractivity contribution is 0.0995. The summed E-state index contributed by atoms with van der Waals surface area (Å²) in [6, 6.07) is 3.55. The Morgan fingerprint density at radius 2 is 2.38 bits per heavy atom. The van der Waals surface area contributed by atoms with E-state index in [1.807, 2.05) is 6.07 Å². The second-order valence-electron chi connectivity index (χ2n) is 3.92. The van der Waals surface area contributed by atoms with Crippen LogP contribution in [0.4, 0.5) is 0 Å². The Morgan fingerprint density at radius 1 is 1.56 bits per heavy atom. The Balaban J connectivity index is 2.19. The fourth-order valence-corrected chi connectivity index (χ4v) is 1.94. The maximum atomic E-state index is 11.0. The summed E-state index contributed by atoms with van der Waals surface area (Å²) in [5.41, 5.74) is 7.57. The summed E-state index contributed by atoms with van der Waals surface area (Å²) in [7, 11) is 0. The van der Waals surface area contributed by atoms with Crippen molar-refractivity contribution in [2.45, 2.75) is 13.0 Å². The zero-order valence-electron chi connectivity index (χ0n) is 9.02. The molecule has 0 fully saturated rings. The van der Waals surface area contributed by atoms with Gasteiger partial charge in [-0.25, -0.2) is 4.98 Å². The van der Waals surface area contributed by atoms with Crippen LogP contribution in [0, 0.1) is 0 Å². The standard InChI is InChI=1S/C11H15N3O2/c12-11(16)10-2-1-8-7-14(5-6-15)4-3-9(8)13-10/h1-2,15H,3-7H2,(H2,12,16). The second kappa shape index (κ2) is 4.59. The van der Waals surface area contributed by atoms with Gasteiger partial charge in [0.1, 0.15) is 5.69 Å². The first-order valence-electron chi connectivity index (χ1n) is 5.32. The molecular formula is C11H15N3O2. The van der Waals surface area contributed by atoms with E-state index in [9.17, 15) is 4.79 Å². The van der Waals surface area contributed by atoms with Crippen LogP contribution in [0.25, 0.3) is 0 Å². The third kappa shape index (κ3) is 2.20. The monoisotopic (exact) mass is 221 g/mol. The number of hydrogen-bond acceptors (Lipinski definition) is 4. The molecule has 86 valence electrons. The predicted molar refractivity (Wildman–Crippen MR) is 58.8 cm³/mol. The Labute approximate surface area is 93.9 Å². The minimum absolute atomic E-state index is 0.169. The summed E-state index contributed by atoms with van der Waals surface area (Å²) in [5, 5.41) is 8.86. The molecule has 1 amide bonds. The number of hydrogen-bond donors (Lipinski definition) is 2. The molecule has 5 heteroatoms. The second-order valence-corrected chi connectivity index (χ2v) is 3.92. The smallest absolute Gasteiger partial charge is 0.267 e. The van der Waals surface area contributed by atoms with Gasteiger partial charge in [-0.1, -0.05) is 6.07 Å².